The van der Waals surface area contributed by atoms with E-state index in [0.29, 0.717) is 29.8 Å². The number of amides is 2. The highest BCUT2D eigenvalue weighted by atomic mass is 19.1. The first-order valence-electron chi connectivity index (χ1n) is 11.2. The number of H-pyrrole nitrogens is 1. The number of nitrogens with one attached hydrogen (secondary N) is 1. The van der Waals surface area contributed by atoms with Crippen molar-refractivity contribution in [3.05, 3.63) is 113 Å². The molecule has 0 atom stereocenters. The third-order valence-electron chi connectivity index (χ3n) is 6.20. The number of fused-ring (bicyclic) bond motifs is 1. The van der Waals surface area contributed by atoms with Gasteiger partial charge in [-0.25, -0.2) is 4.39 Å². The summed E-state index contributed by atoms with van der Waals surface area (Å²) < 4.78 is 13.6. The molecule has 0 radical (unpaired) electrons. The van der Waals surface area contributed by atoms with E-state index >= 15 is 0 Å². The van der Waals surface area contributed by atoms with Crippen molar-refractivity contribution in [2.45, 2.75) is 13.0 Å². The van der Waals surface area contributed by atoms with Gasteiger partial charge in [-0.3, -0.25) is 14.5 Å². The molecule has 1 aliphatic rings. The average Bonchev–Trinajstić information content (AvgIpc) is 3.37. The van der Waals surface area contributed by atoms with E-state index in [1.807, 2.05) is 60.8 Å². The number of halogens is 1. The smallest absolute Gasteiger partial charge is 0.277 e. The van der Waals surface area contributed by atoms with Crippen molar-refractivity contribution >= 4 is 28.3 Å². The van der Waals surface area contributed by atoms with Crippen LogP contribution in [0.25, 0.3) is 16.5 Å². The molecule has 0 unspecified atom stereocenters. The van der Waals surface area contributed by atoms with Crippen molar-refractivity contribution in [3.8, 4) is 0 Å². The molecule has 2 amide bonds. The molecule has 1 N–H and O–H groups in total. The van der Waals surface area contributed by atoms with Crippen LogP contribution < -0.4 is 0 Å². The molecule has 0 saturated carbocycles. The second-order valence-corrected chi connectivity index (χ2v) is 8.44. The molecule has 4 aromatic rings. The van der Waals surface area contributed by atoms with E-state index in [1.165, 1.54) is 17.0 Å². The van der Waals surface area contributed by atoms with Gasteiger partial charge in [0.05, 0.1) is 5.57 Å². The third kappa shape index (κ3) is 3.99. The highest BCUT2D eigenvalue weighted by molar-refractivity contribution is 6.35. The van der Waals surface area contributed by atoms with Gasteiger partial charge < -0.3 is 9.88 Å². The topological polar surface area (TPSA) is 56.4 Å². The van der Waals surface area contributed by atoms with E-state index in [-0.39, 0.29) is 18.4 Å². The van der Waals surface area contributed by atoms with Crippen LogP contribution in [0.15, 0.2) is 90.8 Å². The van der Waals surface area contributed by atoms with E-state index in [4.69, 9.17) is 0 Å². The maximum absolute atomic E-state index is 13.6. The highest BCUT2D eigenvalue weighted by Gasteiger charge is 2.40. The zero-order chi connectivity index (χ0) is 23.7. The van der Waals surface area contributed by atoms with Crippen molar-refractivity contribution in [2.75, 3.05) is 13.6 Å². The molecule has 34 heavy (non-hydrogen) atoms. The Bertz CT molecular complexity index is 1390. The van der Waals surface area contributed by atoms with Gasteiger partial charge in [0.25, 0.3) is 11.8 Å². The van der Waals surface area contributed by atoms with Gasteiger partial charge >= 0.3 is 0 Å². The molecule has 0 fully saturated rings. The van der Waals surface area contributed by atoms with Gasteiger partial charge in [0.1, 0.15) is 11.5 Å². The Labute approximate surface area is 197 Å². The van der Waals surface area contributed by atoms with Crippen LogP contribution in [-0.2, 0) is 22.6 Å². The van der Waals surface area contributed by atoms with Gasteiger partial charge in [-0.15, -0.1) is 0 Å². The maximum atomic E-state index is 13.6. The number of benzene rings is 3. The first-order valence-corrected chi connectivity index (χ1v) is 11.2. The molecule has 5 rings (SSSR count). The number of hydrogen-bond acceptors (Lipinski definition) is 3. The lowest BCUT2D eigenvalue weighted by Gasteiger charge is -2.21. The summed E-state index contributed by atoms with van der Waals surface area (Å²) in [5, 5.41) is 1.08. The Morgan fingerprint density at radius 3 is 2.35 bits per heavy atom. The number of rotatable bonds is 7. The molecule has 0 bridgehead atoms. The summed E-state index contributed by atoms with van der Waals surface area (Å²) in [5.74, 6) is -1.08. The Morgan fingerprint density at radius 1 is 0.882 bits per heavy atom. The van der Waals surface area contributed by atoms with Gasteiger partial charge in [0.2, 0.25) is 0 Å². The van der Waals surface area contributed by atoms with Crippen molar-refractivity contribution in [1.29, 1.82) is 0 Å². The highest BCUT2D eigenvalue weighted by Crippen LogP contribution is 2.32. The van der Waals surface area contributed by atoms with Crippen LogP contribution in [0.3, 0.4) is 0 Å². The van der Waals surface area contributed by atoms with Gasteiger partial charge in [-0.05, 0) is 41.3 Å². The summed E-state index contributed by atoms with van der Waals surface area (Å²) in [6.07, 6.45) is 2.46. The average molecular weight is 454 g/mol. The minimum atomic E-state index is -0.392. The van der Waals surface area contributed by atoms with Gasteiger partial charge in [0, 0.05) is 37.2 Å². The first kappa shape index (κ1) is 21.6. The minimum Gasteiger partial charge on any atom is -0.365 e. The predicted octanol–water partition coefficient (Wildman–Crippen LogP) is 4.76. The number of nitrogens with zero attached hydrogens (tertiary/aromatic N) is 2. The van der Waals surface area contributed by atoms with Crippen LogP contribution in [0, 0.1) is 5.82 Å². The fraction of sp³-hybridized carbons (Fsp3) is 0.143. The number of aromatic nitrogens is 1. The fourth-order valence-corrected chi connectivity index (χ4v) is 4.50. The summed E-state index contributed by atoms with van der Waals surface area (Å²) >= 11 is 0. The van der Waals surface area contributed by atoms with E-state index in [2.05, 4.69) is 4.98 Å². The number of imide groups is 1. The lowest BCUT2D eigenvalue weighted by atomic mass is 10.0. The fourth-order valence-electron chi connectivity index (χ4n) is 4.50. The summed E-state index contributed by atoms with van der Waals surface area (Å²) in [6.45, 7) is 0.725. The largest absolute Gasteiger partial charge is 0.365 e. The van der Waals surface area contributed by atoms with Gasteiger partial charge in [-0.2, -0.15) is 0 Å². The van der Waals surface area contributed by atoms with Crippen molar-refractivity contribution in [2.24, 2.45) is 0 Å². The Morgan fingerprint density at radius 2 is 1.59 bits per heavy atom. The van der Waals surface area contributed by atoms with Gasteiger partial charge in [-0.1, -0.05) is 60.7 Å². The number of hydrogen-bond donors (Lipinski definition) is 1. The number of aromatic amines is 1. The second kappa shape index (κ2) is 8.98. The van der Waals surface area contributed by atoms with Crippen molar-refractivity contribution < 1.29 is 14.0 Å². The SMILES string of the molecule is CN(Cc1ccccc1)C1=C(c2ccc(F)cc2)C(=O)N(CCc2c[nH]c3ccccc23)C1=O. The summed E-state index contributed by atoms with van der Waals surface area (Å²) in [5.41, 5.74) is 4.26. The first-order chi connectivity index (χ1) is 16.5. The molecule has 6 heteroatoms. The molecule has 1 aliphatic heterocycles. The molecular formula is C28H24FN3O2. The van der Waals surface area contributed by atoms with E-state index in [1.54, 1.807) is 24.1 Å². The quantitative estimate of drug-likeness (QED) is 0.411. The Hall–Kier alpha value is -4.19. The van der Waals surface area contributed by atoms with Crippen LogP contribution in [0.5, 0.6) is 0 Å². The summed E-state index contributed by atoms with van der Waals surface area (Å²) in [4.78, 5) is 33.4. The summed E-state index contributed by atoms with van der Waals surface area (Å²) in [6, 6.07) is 23.4. The van der Waals surface area contributed by atoms with E-state index < -0.39 is 5.82 Å². The predicted molar refractivity (Wildman–Crippen MR) is 130 cm³/mol. The van der Waals surface area contributed by atoms with Crippen LogP contribution in [0.1, 0.15) is 16.7 Å². The molecule has 0 spiro atoms. The van der Waals surface area contributed by atoms with Crippen molar-refractivity contribution in [1.82, 2.24) is 14.8 Å². The normalized spacial score (nSPS) is 13.9. The zero-order valence-corrected chi connectivity index (χ0v) is 18.8. The second-order valence-electron chi connectivity index (χ2n) is 8.44. The summed E-state index contributed by atoms with van der Waals surface area (Å²) in [7, 11) is 1.81. The molecule has 5 nitrogen and oxygen atoms in total. The van der Waals surface area contributed by atoms with Gasteiger partial charge in [0.15, 0.2) is 0 Å². The van der Waals surface area contributed by atoms with Crippen LogP contribution >= 0.6 is 0 Å². The van der Waals surface area contributed by atoms with Crippen LogP contribution in [0.2, 0.25) is 0 Å². The van der Waals surface area contributed by atoms with E-state index in [0.717, 1.165) is 22.0 Å². The number of para-hydroxylation sites is 1. The molecule has 2 heterocycles. The Balaban J connectivity index is 1.46. The third-order valence-corrected chi connectivity index (χ3v) is 6.20. The molecular weight excluding hydrogens is 429 g/mol. The Kier molecular flexibility index (Phi) is 5.72. The maximum Gasteiger partial charge on any atom is 0.277 e. The molecule has 3 aromatic carbocycles. The number of carbonyl (C=O) groups is 2. The minimum absolute atomic E-state index is 0.257. The molecule has 0 saturated heterocycles. The van der Waals surface area contributed by atoms with E-state index in [9.17, 15) is 14.0 Å². The molecule has 170 valence electrons. The zero-order valence-electron chi connectivity index (χ0n) is 18.8. The number of carbonyl (C=O) groups excluding carboxylic acids is 2. The van der Waals surface area contributed by atoms with Crippen LogP contribution in [0.4, 0.5) is 4.39 Å². The number of likely N-dealkylation sites (N-methyl/N-ethyl adjacent to an activating group) is 1. The standard InChI is InChI=1S/C28H24FN3O2/c1-31(18-19-7-3-2-4-8-19)26-25(20-11-13-22(29)14-12-20)27(33)32(28(26)34)16-15-21-17-30-24-10-6-5-9-23(21)24/h2-14,17,30H,15-16,18H2,1H3. The lowest BCUT2D eigenvalue weighted by molar-refractivity contribution is -0.137. The lowest BCUT2D eigenvalue weighted by Crippen LogP contribution is -2.35. The molecule has 1 aromatic heterocycles. The van der Waals surface area contributed by atoms with Crippen LogP contribution in [-0.4, -0.2) is 40.2 Å². The monoisotopic (exact) mass is 453 g/mol. The van der Waals surface area contributed by atoms with Crippen molar-refractivity contribution in [3.63, 3.8) is 0 Å². The molecule has 0 aliphatic carbocycles.